The molecule has 0 aliphatic carbocycles. The van der Waals surface area contributed by atoms with Crippen molar-refractivity contribution in [3.8, 4) is 5.75 Å². The second kappa shape index (κ2) is 9.38. The number of aliphatic hydroxyl groups is 1. The van der Waals surface area contributed by atoms with E-state index in [1.807, 2.05) is 24.3 Å². The Balaban J connectivity index is 1.52. The summed E-state index contributed by atoms with van der Waals surface area (Å²) in [4.78, 5) is 2.36. The second-order valence-corrected chi connectivity index (χ2v) is 5.99. The fourth-order valence-corrected chi connectivity index (χ4v) is 2.38. The number of nitrogens with zero attached hydrogens (tertiary/aromatic N) is 1. The van der Waals surface area contributed by atoms with Crippen molar-refractivity contribution in [1.82, 2.24) is 10.2 Å². The minimum atomic E-state index is -0.502. The van der Waals surface area contributed by atoms with Gasteiger partial charge in [0.1, 0.15) is 18.5 Å². The maximum absolute atomic E-state index is 9.87. The van der Waals surface area contributed by atoms with Crippen molar-refractivity contribution in [3.63, 3.8) is 0 Å². The molecule has 1 fully saturated rings. The number of nitrogens with one attached hydrogen (secondary N) is 1. The van der Waals surface area contributed by atoms with Crippen molar-refractivity contribution in [3.05, 3.63) is 28.7 Å². The fraction of sp³-hybridized carbons (Fsp3) is 0.600. The van der Waals surface area contributed by atoms with Crippen LogP contribution < -0.4 is 10.1 Å². The van der Waals surface area contributed by atoms with Crippen LogP contribution in [-0.2, 0) is 4.74 Å². The highest BCUT2D eigenvalue weighted by Crippen LogP contribution is 2.16. The molecule has 1 saturated heterocycles. The molecule has 118 valence electrons. The van der Waals surface area contributed by atoms with Gasteiger partial charge in [-0.2, -0.15) is 0 Å². The molecule has 0 bridgehead atoms. The summed E-state index contributed by atoms with van der Waals surface area (Å²) in [6, 6.07) is 7.59. The predicted molar refractivity (Wildman–Crippen MR) is 85.8 cm³/mol. The number of hydrogen-bond donors (Lipinski definition) is 2. The summed E-state index contributed by atoms with van der Waals surface area (Å²) in [5, 5.41) is 13.1. The Labute approximate surface area is 134 Å². The van der Waals surface area contributed by atoms with Gasteiger partial charge < -0.3 is 19.9 Å². The monoisotopic (exact) mass is 358 g/mol. The topological polar surface area (TPSA) is 54.0 Å². The molecular formula is C15H23BrN2O3. The number of rotatable bonds is 8. The van der Waals surface area contributed by atoms with Crippen molar-refractivity contribution in [1.29, 1.82) is 0 Å². The number of aliphatic hydroxyl groups excluding tert-OH is 1. The van der Waals surface area contributed by atoms with Gasteiger partial charge in [0.2, 0.25) is 0 Å². The molecule has 2 rings (SSSR count). The Hall–Kier alpha value is -0.660. The van der Waals surface area contributed by atoms with Crippen LogP contribution in [0.25, 0.3) is 0 Å². The van der Waals surface area contributed by atoms with E-state index in [0.29, 0.717) is 13.2 Å². The van der Waals surface area contributed by atoms with Crippen LogP contribution in [0.5, 0.6) is 5.75 Å². The Morgan fingerprint density at radius 3 is 2.71 bits per heavy atom. The SMILES string of the molecule is OC(CNCCN1CCOCC1)COc1ccc(Br)cc1. The minimum absolute atomic E-state index is 0.298. The van der Waals surface area contributed by atoms with E-state index >= 15 is 0 Å². The number of hydrogen-bond acceptors (Lipinski definition) is 5. The summed E-state index contributed by atoms with van der Waals surface area (Å²) >= 11 is 3.37. The van der Waals surface area contributed by atoms with Crippen molar-refractivity contribution < 1.29 is 14.6 Å². The van der Waals surface area contributed by atoms with E-state index in [-0.39, 0.29) is 0 Å². The molecule has 6 heteroatoms. The smallest absolute Gasteiger partial charge is 0.119 e. The third kappa shape index (κ3) is 6.76. The number of halogens is 1. The van der Waals surface area contributed by atoms with Gasteiger partial charge in [-0.05, 0) is 24.3 Å². The molecule has 1 atom stereocenters. The van der Waals surface area contributed by atoms with Crippen LogP contribution in [0.15, 0.2) is 28.7 Å². The summed E-state index contributed by atoms with van der Waals surface area (Å²) in [5.74, 6) is 0.769. The third-order valence-corrected chi connectivity index (χ3v) is 3.87. The first-order valence-corrected chi connectivity index (χ1v) is 8.10. The van der Waals surface area contributed by atoms with Crippen molar-refractivity contribution in [2.24, 2.45) is 0 Å². The highest BCUT2D eigenvalue weighted by molar-refractivity contribution is 9.10. The van der Waals surface area contributed by atoms with Crippen LogP contribution in [-0.4, -0.2) is 68.7 Å². The average molecular weight is 359 g/mol. The van der Waals surface area contributed by atoms with Gasteiger partial charge in [-0.15, -0.1) is 0 Å². The predicted octanol–water partition coefficient (Wildman–Crippen LogP) is 1.11. The first-order chi connectivity index (χ1) is 10.2. The molecule has 2 N–H and O–H groups in total. The highest BCUT2D eigenvalue weighted by atomic mass is 79.9. The van der Waals surface area contributed by atoms with Gasteiger partial charge in [0.25, 0.3) is 0 Å². The summed E-state index contributed by atoms with van der Waals surface area (Å²) < 4.78 is 11.9. The van der Waals surface area contributed by atoms with E-state index in [1.165, 1.54) is 0 Å². The van der Waals surface area contributed by atoms with Crippen LogP contribution in [0.2, 0.25) is 0 Å². The van der Waals surface area contributed by atoms with E-state index < -0.39 is 6.10 Å². The molecule has 0 spiro atoms. The first-order valence-electron chi connectivity index (χ1n) is 7.31. The average Bonchev–Trinajstić information content (AvgIpc) is 2.52. The minimum Gasteiger partial charge on any atom is -0.491 e. The van der Waals surface area contributed by atoms with Crippen LogP contribution in [0, 0.1) is 0 Å². The molecule has 21 heavy (non-hydrogen) atoms. The third-order valence-electron chi connectivity index (χ3n) is 3.34. The summed E-state index contributed by atoms with van der Waals surface area (Å²) in [5.41, 5.74) is 0. The maximum atomic E-state index is 9.87. The second-order valence-electron chi connectivity index (χ2n) is 5.08. The molecule has 1 unspecified atom stereocenters. The van der Waals surface area contributed by atoms with Gasteiger partial charge in [0, 0.05) is 37.2 Å². The van der Waals surface area contributed by atoms with Crippen LogP contribution in [0.4, 0.5) is 0 Å². The largest absolute Gasteiger partial charge is 0.491 e. The van der Waals surface area contributed by atoms with E-state index in [0.717, 1.165) is 49.6 Å². The van der Waals surface area contributed by atoms with E-state index in [2.05, 4.69) is 26.1 Å². The van der Waals surface area contributed by atoms with Gasteiger partial charge >= 0.3 is 0 Å². The molecule has 0 amide bonds. The summed E-state index contributed by atoms with van der Waals surface area (Å²) in [6.45, 7) is 6.34. The van der Waals surface area contributed by atoms with Crippen molar-refractivity contribution >= 4 is 15.9 Å². The molecule has 1 heterocycles. The van der Waals surface area contributed by atoms with Crippen LogP contribution in [0.1, 0.15) is 0 Å². The lowest BCUT2D eigenvalue weighted by atomic mass is 10.3. The normalized spacial score (nSPS) is 17.6. The van der Waals surface area contributed by atoms with Gasteiger partial charge in [0.15, 0.2) is 0 Å². The summed E-state index contributed by atoms with van der Waals surface area (Å²) in [6.07, 6.45) is -0.502. The zero-order chi connectivity index (χ0) is 14.9. The highest BCUT2D eigenvalue weighted by Gasteiger charge is 2.10. The Morgan fingerprint density at radius 2 is 2.00 bits per heavy atom. The molecule has 1 aliphatic rings. The Morgan fingerprint density at radius 1 is 1.29 bits per heavy atom. The van der Waals surface area contributed by atoms with Crippen LogP contribution in [0.3, 0.4) is 0 Å². The molecule has 0 saturated carbocycles. The van der Waals surface area contributed by atoms with Gasteiger partial charge in [-0.1, -0.05) is 15.9 Å². The lowest BCUT2D eigenvalue weighted by Gasteiger charge is -2.26. The van der Waals surface area contributed by atoms with Crippen molar-refractivity contribution in [2.45, 2.75) is 6.10 Å². The van der Waals surface area contributed by atoms with E-state index in [4.69, 9.17) is 9.47 Å². The first kappa shape index (κ1) is 16.7. The zero-order valence-electron chi connectivity index (χ0n) is 12.1. The zero-order valence-corrected chi connectivity index (χ0v) is 13.7. The number of morpholine rings is 1. The maximum Gasteiger partial charge on any atom is 0.119 e. The molecule has 5 nitrogen and oxygen atoms in total. The number of benzene rings is 1. The molecule has 1 aliphatic heterocycles. The molecule has 0 radical (unpaired) electrons. The molecule has 1 aromatic rings. The van der Waals surface area contributed by atoms with Gasteiger partial charge in [-0.3, -0.25) is 4.90 Å². The molecular weight excluding hydrogens is 336 g/mol. The van der Waals surface area contributed by atoms with Gasteiger partial charge in [0.05, 0.1) is 13.2 Å². The lowest BCUT2D eigenvalue weighted by Crippen LogP contribution is -2.41. The lowest BCUT2D eigenvalue weighted by molar-refractivity contribution is 0.0376. The standard InChI is InChI=1S/C15H23BrN2O3/c16-13-1-3-15(4-2-13)21-12-14(19)11-17-5-6-18-7-9-20-10-8-18/h1-4,14,17,19H,5-12H2. The Kier molecular flexibility index (Phi) is 7.46. The number of ether oxygens (including phenoxy) is 2. The Bertz CT molecular complexity index is 396. The molecule has 0 aromatic heterocycles. The van der Waals surface area contributed by atoms with Crippen molar-refractivity contribution in [2.75, 3.05) is 52.5 Å². The van der Waals surface area contributed by atoms with E-state index in [9.17, 15) is 5.11 Å². The molecule has 1 aromatic carbocycles. The van der Waals surface area contributed by atoms with Crippen LogP contribution >= 0.6 is 15.9 Å². The quantitative estimate of drug-likeness (QED) is 0.682. The van der Waals surface area contributed by atoms with Gasteiger partial charge in [-0.25, -0.2) is 0 Å². The van der Waals surface area contributed by atoms with E-state index in [1.54, 1.807) is 0 Å². The fourth-order valence-electron chi connectivity index (χ4n) is 2.11. The summed E-state index contributed by atoms with van der Waals surface area (Å²) in [7, 11) is 0.